The van der Waals surface area contributed by atoms with Crippen LogP contribution < -0.4 is 15.1 Å². The Kier molecular flexibility index (Phi) is 12.2. The standard InChI is InChI=1S/C38H50O5Si/c1-29(23-32(39)28-41-27-31-17-19-33(40-6)20-18-31)25-35-26-30(2)24-34(43-35)21-22-42-44(38(3,4)5,36-13-9-7-10-14-36)37-15-11-8-12-16-37/h7-20,25,32,34-35,39H,2,21-24,26-28H2,1,3-6H3/b29-25+/t32-,34-,35+/m0/s1. The van der Waals surface area contributed by atoms with Crippen LogP contribution in [-0.2, 0) is 20.5 Å². The van der Waals surface area contributed by atoms with Crippen LogP contribution in [0.1, 0.15) is 58.9 Å². The van der Waals surface area contributed by atoms with Crippen LogP contribution >= 0.6 is 0 Å². The molecule has 44 heavy (non-hydrogen) atoms. The number of aliphatic hydroxyl groups excluding tert-OH is 1. The van der Waals surface area contributed by atoms with Crippen molar-refractivity contribution < 1.29 is 23.7 Å². The Hall–Kier alpha value is -3.00. The third kappa shape index (κ3) is 9.02. The Morgan fingerprint density at radius 3 is 2.16 bits per heavy atom. The second-order valence-electron chi connectivity index (χ2n) is 13.0. The predicted octanol–water partition coefficient (Wildman–Crippen LogP) is 6.98. The molecule has 0 saturated carbocycles. The van der Waals surface area contributed by atoms with Crippen LogP contribution in [0.3, 0.4) is 0 Å². The Labute approximate surface area is 265 Å². The van der Waals surface area contributed by atoms with E-state index >= 15 is 0 Å². The summed E-state index contributed by atoms with van der Waals surface area (Å²) in [6.45, 7) is 14.6. The van der Waals surface area contributed by atoms with Crippen molar-refractivity contribution in [1.82, 2.24) is 0 Å². The molecule has 0 aliphatic carbocycles. The highest BCUT2D eigenvalue weighted by atomic mass is 28.4. The van der Waals surface area contributed by atoms with Gasteiger partial charge in [0.1, 0.15) is 5.75 Å². The van der Waals surface area contributed by atoms with E-state index in [2.05, 4.69) is 101 Å². The first kappa shape index (κ1) is 33.9. The lowest BCUT2D eigenvalue weighted by atomic mass is 9.96. The van der Waals surface area contributed by atoms with Crippen LogP contribution in [0.2, 0.25) is 5.04 Å². The number of benzene rings is 3. The van der Waals surface area contributed by atoms with Crippen molar-refractivity contribution in [2.24, 2.45) is 0 Å². The first-order valence-electron chi connectivity index (χ1n) is 15.7. The van der Waals surface area contributed by atoms with Crippen LogP contribution in [0.4, 0.5) is 0 Å². The van der Waals surface area contributed by atoms with E-state index in [-0.39, 0.29) is 23.9 Å². The van der Waals surface area contributed by atoms with Crippen molar-refractivity contribution in [2.45, 2.75) is 83.3 Å². The van der Waals surface area contributed by atoms with E-state index in [1.165, 1.54) is 15.9 Å². The maximum absolute atomic E-state index is 10.6. The highest BCUT2D eigenvalue weighted by Crippen LogP contribution is 2.37. The van der Waals surface area contributed by atoms with Crippen LogP contribution in [0.15, 0.2) is 109 Å². The van der Waals surface area contributed by atoms with Crippen molar-refractivity contribution in [1.29, 1.82) is 0 Å². The van der Waals surface area contributed by atoms with Crippen molar-refractivity contribution in [3.63, 3.8) is 0 Å². The first-order valence-corrected chi connectivity index (χ1v) is 17.6. The van der Waals surface area contributed by atoms with E-state index in [9.17, 15) is 5.11 Å². The number of aliphatic hydroxyl groups is 1. The fourth-order valence-electron chi connectivity index (χ4n) is 6.26. The number of ether oxygens (including phenoxy) is 3. The molecular weight excluding hydrogens is 564 g/mol. The quantitative estimate of drug-likeness (QED) is 0.157. The molecule has 3 atom stereocenters. The zero-order valence-electron chi connectivity index (χ0n) is 27.1. The van der Waals surface area contributed by atoms with Crippen LogP contribution in [0.25, 0.3) is 0 Å². The van der Waals surface area contributed by atoms with E-state index in [4.69, 9.17) is 18.6 Å². The third-order valence-electron chi connectivity index (χ3n) is 8.31. The molecule has 0 unspecified atom stereocenters. The summed E-state index contributed by atoms with van der Waals surface area (Å²) in [5.41, 5.74) is 3.33. The van der Waals surface area contributed by atoms with Gasteiger partial charge in [0, 0.05) is 6.61 Å². The van der Waals surface area contributed by atoms with Gasteiger partial charge in [0.15, 0.2) is 0 Å². The topological polar surface area (TPSA) is 57.2 Å². The minimum Gasteiger partial charge on any atom is -0.497 e. The van der Waals surface area contributed by atoms with Crippen molar-refractivity contribution >= 4 is 18.7 Å². The molecule has 3 aromatic rings. The van der Waals surface area contributed by atoms with Crippen molar-refractivity contribution in [3.8, 4) is 5.75 Å². The minimum absolute atomic E-state index is 0.0428. The molecular formula is C38H50O5Si. The van der Waals surface area contributed by atoms with E-state index in [0.29, 0.717) is 19.6 Å². The summed E-state index contributed by atoms with van der Waals surface area (Å²) in [6.07, 6.45) is 4.54. The van der Waals surface area contributed by atoms with Gasteiger partial charge in [-0.15, -0.1) is 0 Å². The lowest BCUT2D eigenvalue weighted by molar-refractivity contribution is -0.0171. The van der Waals surface area contributed by atoms with Gasteiger partial charge in [0.2, 0.25) is 0 Å². The average molecular weight is 615 g/mol. The van der Waals surface area contributed by atoms with E-state index in [1.54, 1.807) is 7.11 Å². The molecule has 1 fully saturated rings. The predicted molar refractivity (Wildman–Crippen MR) is 182 cm³/mol. The van der Waals surface area contributed by atoms with Crippen LogP contribution in [0.5, 0.6) is 5.75 Å². The van der Waals surface area contributed by atoms with Gasteiger partial charge in [0.05, 0.1) is 38.6 Å². The maximum Gasteiger partial charge on any atom is 0.261 e. The Bertz CT molecular complexity index is 1290. The molecule has 0 amide bonds. The maximum atomic E-state index is 10.6. The van der Waals surface area contributed by atoms with Gasteiger partial charge in [-0.05, 0) is 65.7 Å². The molecule has 6 heteroatoms. The third-order valence-corrected chi connectivity index (χ3v) is 13.4. The second kappa shape index (κ2) is 15.8. The summed E-state index contributed by atoms with van der Waals surface area (Å²) >= 11 is 0. The molecule has 1 N–H and O–H groups in total. The second-order valence-corrected chi connectivity index (χ2v) is 17.3. The van der Waals surface area contributed by atoms with E-state index in [0.717, 1.165) is 36.1 Å². The minimum atomic E-state index is -2.58. The first-order chi connectivity index (χ1) is 21.1. The SMILES string of the molecule is C=C1C[C@H](CCO[Si](c2ccccc2)(c2ccccc2)C(C)(C)C)O[C@H](/C=C(\C)C[C@H](O)COCc2ccc(OC)cc2)C1. The number of hydrogen-bond donors (Lipinski definition) is 1. The summed E-state index contributed by atoms with van der Waals surface area (Å²) in [6, 6.07) is 29.3. The molecule has 0 spiro atoms. The summed E-state index contributed by atoms with van der Waals surface area (Å²) in [7, 11) is -0.934. The summed E-state index contributed by atoms with van der Waals surface area (Å²) < 4.78 is 24.6. The lowest BCUT2D eigenvalue weighted by Gasteiger charge is -2.43. The fourth-order valence-corrected chi connectivity index (χ4v) is 10.8. The Morgan fingerprint density at radius 2 is 1.59 bits per heavy atom. The Morgan fingerprint density at radius 1 is 0.977 bits per heavy atom. The van der Waals surface area contributed by atoms with E-state index in [1.807, 2.05) is 24.3 Å². The summed E-state index contributed by atoms with van der Waals surface area (Å²) in [5, 5.41) is 13.1. The zero-order valence-corrected chi connectivity index (χ0v) is 28.1. The number of hydrogen-bond acceptors (Lipinski definition) is 5. The fraction of sp³-hybridized carbons (Fsp3) is 0.421. The van der Waals surface area contributed by atoms with Gasteiger partial charge < -0.3 is 23.7 Å². The molecule has 1 aliphatic rings. The van der Waals surface area contributed by atoms with Crippen molar-refractivity contribution in [2.75, 3.05) is 20.3 Å². The van der Waals surface area contributed by atoms with Crippen molar-refractivity contribution in [3.05, 3.63) is 114 Å². The van der Waals surface area contributed by atoms with Gasteiger partial charge in [-0.25, -0.2) is 0 Å². The number of methoxy groups -OCH3 is 1. The van der Waals surface area contributed by atoms with Crippen LogP contribution in [0, 0.1) is 0 Å². The summed E-state index contributed by atoms with van der Waals surface area (Å²) in [4.78, 5) is 0. The van der Waals surface area contributed by atoms with Gasteiger partial charge in [-0.3, -0.25) is 0 Å². The molecule has 4 rings (SSSR count). The normalized spacial score (nSPS) is 18.7. The average Bonchev–Trinajstić information content (AvgIpc) is 2.99. The summed E-state index contributed by atoms with van der Waals surface area (Å²) in [5.74, 6) is 0.816. The molecule has 5 nitrogen and oxygen atoms in total. The smallest absolute Gasteiger partial charge is 0.261 e. The van der Waals surface area contributed by atoms with Gasteiger partial charge in [-0.1, -0.05) is 117 Å². The largest absolute Gasteiger partial charge is 0.497 e. The molecule has 3 aromatic carbocycles. The van der Waals surface area contributed by atoms with Gasteiger partial charge >= 0.3 is 0 Å². The molecule has 0 bridgehead atoms. The molecule has 1 saturated heterocycles. The van der Waals surface area contributed by atoms with Crippen LogP contribution in [-0.4, -0.2) is 52.1 Å². The highest BCUT2D eigenvalue weighted by Gasteiger charge is 2.50. The van der Waals surface area contributed by atoms with E-state index < -0.39 is 14.4 Å². The monoisotopic (exact) mass is 614 g/mol. The lowest BCUT2D eigenvalue weighted by Crippen LogP contribution is -2.66. The van der Waals surface area contributed by atoms with Gasteiger partial charge in [0.25, 0.3) is 8.32 Å². The molecule has 1 heterocycles. The molecule has 236 valence electrons. The molecule has 1 aliphatic heterocycles. The zero-order chi connectivity index (χ0) is 31.6. The number of rotatable bonds is 14. The Balaban J connectivity index is 1.34. The van der Waals surface area contributed by atoms with Gasteiger partial charge in [-0.2, -0.15) is 0 Å². The molecule has 0 radical (unpaired) electrons. The highest BCUT2D eigenvalue weighted by molar-refractivity contribution is 6.99. The molecule has 0 aromatic heterocycles.